The highest BCUT2D eigenvalue weighted by Gasteiger charge is 2.30. The van der Waals surface area contributed by atoms with Crippen molar-refractivity contribution in [3.63, 3.8) is 0 Å². The molecule has 24 heavy (non-hydrogen) atoms. The lowest BCUT2D eigenvalue weighted by Gasteiger charge is -2.31. The number of nitrogens with one attached hydrogen (secondary N) is 1. The lowest BCUT2D eigenvalue weighted by atomic mass is 10.1. The van der Waals surface area contributed by atoms with E-state index in [-0.39, 0.29) is 28.2 Å². The zero-order valence-corrected chi connectivity index (χ0v) is 16.4. The molecule has 7 nitrogen and oxygen atoms in total. The van der Waals surface area contributed by atoms with Gasteiger partial charge in [-0.05, 0) is 38.1 Å². The number of rotatable bonds is 5. The highest BCUT2D eigenvalue weighted by molar-refractivity contribution is 7.90. The first-order valence-corrected chi connectivity index (χ1v) is 10.3. The Morgan fingerprint density at radius 2 is 1.79 bits per heavy atom. The normalized spacial score (nSPS) is 19.9. The van der Waals surface area contributed by atoms with Crippen LogP contribution in [0, 0.1) is 0 Å². The molecular formula is C14H24ClN3O4S2. The van der Waals surface area contributed by atoms with E-state index in [1.54, 1.807) is 0 Å². The molecule has 1 saturated heterocycles. The van der Waals surface area contributed by atoms with Gasteiger partial charge < -0.3 is 5.32 Å². The molecule has 1 aliphatic heterocycles. The largest absolute Gasteiger partial charge is 0.316 e. The van der Waals surface area contributed by atoms with Crippen molar-refractivity contribution in [1.82, 2.24) is 13.9 Å². The van der Waals surface area contributed by atoms with E-state index in [0.717, 1.165) is 17.1 Å². The maximum Gasteiger partial charge on any atom is 0.243 e. The minimum Gasteiger partial charge on any atom is -0.316 e. The summed E-state index contributed by atoms with van der Waals surface area (Å²) in [4.78, 5) is -0.0112. The molecule has 0 saturated carbocycles. The second-order valence-electron chi connectivity index (χ2n) is 5.75. The van der Waals surface area contributed by atoms with Gasteiger partial charge in [-0.2, -0.15) is 4.31 Å². The van der Waals surface area contributed by atoms with Crippen LogP contribution in [-0.2, 0) is 20.0 Å². The molecule has 1 atom stereocenters. The Morgan fingerprint density at radius 3 is 2.38 bits per heavy atom. The third-order valence-corrected chi connectivity index (χ3v) is 7.69. The molecular weight excluding hydrogens is 374 g/mol. The van der Waals surface area contributed by atoms with Gasteiger partial charge in [0.15, 0.2) is 0 Å². The number of halogens is 1. The fourth-order valence-corrected chi connectivity index (χ4v) is 5.14. The van der Waals surface area contributed by atoms with Crippen molar-refractivity contribution in [3.05, 3.63) is 24.3 Å². The smallest absolute Gasteiger partial charge is 0.243 e. The molecule has 0 aromatic heterocycles. The molecule has 1 fully saturated rings. The average molecular weight is 398 g/mol. The van der Waals surface area contributed by atoms with Gasteiger partial charge in [0.2, 0.25) is 20.0 Å². The first kappa shape index (κ1) is 21.3. The second kappa shape index (κ2) is 8.11. The molecule has 138 valence electrons. The van der Waals surface area contributed by atoms with Crippen LogP contribution in [0.3, 0.4) is 0 Å². The topological polar surface area (TPSA) is 86.8 Å². The Kier molecular flexibility index (Phi) is 7.21. The highest BCUT2D eigenvalue weighted by atomic mass is 35.5. The van der Waals surface area contributed by atoms with Crippen LogP contribution in [0.25, 0.3) is 0 Å². The molecule has 1 aliphatic rings. The summed E-state index contributed by atoms with van der Waals surface area (Å²) in [5, 5.41) is 3.10. The first-order chi connectivity index (χ1) is 10.7. The van der Waals surface area contributed by atoms with Crippen LogP contribution in [0.1, 0.15) is 12.8 Å². The summed E-state index contributed by atoms with van der Waals surface area (Å²) < 4.78 is 52.4. The Balaban J connectivity index is 0.00000288. The summed E-state index contributed by atoms with van der Waals surface area (Å²) in [6, 6.07) is 5.65. The summed E-state index contributed by atoms with van der Waals surface area (Å²) in [7, 11) is -2.73. The van der Waals surface area contributed by atoms with Gasteiger partial charge in [-0.25, -0.2) is 21.1 Å². The predicted octanol–water partition coefficient (Wildman–Crippen LogP) is 0.731. The van der Waals surface area contributed by atoms with E-state index in [4.69, 9.17) is 0 Å². The molecule has 0 bridgehead atoms. The summed E-state index contributed by atoms with van der Waals surface area (Å²) >= 11 is 0. The molecule has 0 spiro atoms. The minimum atomic E-state index is -3.70. The zero-order valence-electron chi connectivity index (χ0n) is 14.0. The molecule has 1 unspecified atom stereocenters. The summed E-state index contributed by atoms with van der Waals surface area (Å²) in [5.41, 5.74) is 0. The van der Waals surface area contributed by atoms with Crippen LogP contribution in [0.15, 0.2) is 34.1 Å². The third kappa shape index (κ3) is 4.27. The number of hydrogen-bond acceptors (Lipinski definition) is 5. The van der Waals surface area contributed by atoms with E-state index in [1.807, 2.05) is 7.05 Å². The summed E-state index contributed by atoms with van der Waals surface area (Å²) in [6.07, 6.45) is 1.71. The average Bonchev–Trinajstić information content (AvgIpc) is 2.54. The molecule has 1 N–H and O–H groups in total. The minimum absolute atomic E-state index is 0. The fourth-order valence-electron chi connectivity index (χ4n) is 2.55. The lowest BCUT2D eigenvalue weighted by molar-refractivity contribution is 0.293. The van der Waals surface area contributed by atoms with Crippen molar-refractivity contribution in [3.8, 4) is 0 Å². The van der Waals surface area contributed by atoms with Crippen LogP contribution in [-0.4, -0.2) is 65.7 Å². The van der Waals surface area contributed by atoms with Crippen molar-refractivity contribution in [2.45, 2.75) is 28.7 Å². The molecule has 0 aliphatic carbocycles. The lowest BCUT2D eigenvalue weighted by Crippen LogP contribution is -2.46. The highest BCUT2D eigenvalue weighted by Crippen LogP contribution is 2.23. The quantitative estimate of drug-likeness (QED) is 0.791. The number of sulfonamides is 2. The molecule has 1 heterocycles. The van der Waals surface area contributed by atoms with Crippen molar-refractivity contribution >= 4 is 32.5 Å². The zero-order chi connectivity index (χ0) is 17.3. The van der Waals surface area contributed by atoms with Crippen molar-refractivity contribution in [2.24, 2.45) is 0 Å². The van der Waals surface area contributed by atoms with Gasteiger partial charge >= 0.3 is 0 Å². The summed E-state index contributed by atoms with van der Waals surface area (Å²) in [5.74, 6) is 0. The van der Waals surface area contributed by atoms with Gasteiger partial charge in [0.05, 0.1) is 9.79 Å². The van der Waals surface area contributed by atoms with Crippen LogP contribution in [0.5, 0.6) is 0 Å². The maximum absolute atomic E-state index is 12.8. The number of benzene rings is 1. The molecule has 2 rings (SSSR count). The van der Waals surface area contributed by atoms with E-state index in [0.29, 0.717) is 13.1 Å². The maximum atomic E-state index is 12.8. The van der Waals surface area contributed by atoms with Crippen LogP contribution in [0.2, 0.25) is 0 Å². The Labute approximate surface area is 150 Å². The van der Waals surface area contributed by atoms with E-state index in [2.05, 4.69) is 5.32 Å². The molecule has 1 aromatic carbocycles. The van der Waals surface area contributed by atoms with E-state index in [9.17, 15) is 16.8 Å². The summed E-state index contributed by atoms with van der Waals surface area (Å²) in [6.45, 7) is 0.842. The number of hydrogen-bond donors (Lipinski definition) is 1. The Morgan fingerprint density at radius 1 is 1.17 bits per heavy atom. The fraction of sp³-hybridized carbons (Fsp3) is 0.571. The third-order valence-electron chi connectivity index (χ3n) is 4.01. The van der Waals surface area contributed by atoms with Gasteiger partial charge in [-0.1, -0.05) is 6.07 Å². The number of nitrogens with zero attached hydrogens (tertiary/aromatic N) is 2. The van der Waals surface area contributed by atoms with Crippen molar-refractivity contribution in [1.29, 1.82) is 0 Å². The standard InChI is InChI=1S/C14H23N3O4S2.ClH/c1-15-12-6-5-9-17(11-12)23(20,21)14-8-4-7-13(10-14)22(18,19)16(2)3;/h4,7-8,10,12,15H,5-6,9,11H2,1-3H3;1H. The molecule has 0 radical (unpaired) electrons. The van der Waals surface area contributed by atoms with Crippen LogP contribution < -0.4 is 5.32 Å². The Hall–Kier alpha value is -0.710. The molecule has 1 aromatic rings. The van der Waals surface area contributed by atoms with Gasteiger partial charge in [-0.15, -0.1) is 12.4 Å². The number of likely N-dealkylation sites (N-methyl/N-ethyl adjacent to an activating group) is 1. The second-order valence-corrected chi connectivity index (χ2v) is 9.84. The van der Waals surface area contributed by atoms with Gasteiger partial charge in [-0.3, -0.25) is 0 Å². The number of piperidine rings is 1. The van der Waals surface area contributed by atoms with Crippen molar-refractivity contribution < 1.29 is 16.8 Å². The molecule has 10 heteroatoms. The van der Waals surface area contributed by atoms with E-state index in [1.165, 1.54) is 42.7 Å². The first-order valence-electron chi connectivity index (χ1n) is 7.39. The SMILES string of the molecule is CNC1CCCN(S(=O)(=O)c2cccc(S(=O)(=O)N(C)C)c2)C1.Cl. The monoisotopic (exact) mass is 397 g/mol. The van der Waals surface area contributed by atoms with Gasteiger partial charge in [0.1, 0.15) is 0 Å². The van der Waals surface area contributed by atoms with Gasteiger partial charge in [0, 0.05) is 33.2 Å². The van der Waals surface area contributed by atoms with E-state index < -0.39 is 20.0 Å². The van der Waals surface area contributed by atoms with Crippen LogP contribution >= 0.6 is 12.4 Å². The van der Waals surface area contributed by atoms with Crippen molar-refractivity contribution in [2.75, 3.05) is 34.2 Å². The predicted molar refractivity (Wildman–Crippen MR) is 95.4 cm³/mol. The Bertz CT molecular complexity index is 766. The van der Waals surface area contributed by atoms with Crippen LogP contribution in [0.4, 0.5) is 0 Å². The molecule has 0 amide bonds. The van der Waals surface area contributed by atoms with E-state index >= 15 is 0 Å². The van der Waals surface area contributed by atoms with Gasteiger partial charge in [0.25, 0.3) is 0 Å².